The van der Waals surface area contributed by atoms with Crippen molar-refractivity contribution in [3.8, 4) is 0 Å². The molecule has 0 saturated carbocycles. The normalized spacial score (nSPS) is 23.6. The summed E-state index contributed by atoms with van der Waals surface area (Å²) in [5.74, 6) is -1.38. The van der Waals surface area contributed by atoms with Crippen LogP contribution >= 0.6 is 11.6 Å². The summed E-state index contributed by atoms with van der Waals surface area (Å²) in [6.45, 7) is 4.18. The summed E-state index contributed by atoms with van der Waals surface area (Å²) in [5, 5.41) is 33.1. The van der Waals surface area contributed by atoms with E-state index in [4.69, 9.17) is 26.2 Å². The second-order valence-electron chi connectivity index (χ2n) is 11.7. The van der Waals surface area contributed by atoms with Crippen LogP contribution in [0.3, 0.4) is 0 Å². The number of likely N-dealkylation sites (tertiary alicyclic amines) is 1. The Morgan fingerprint density at radius 1 is 0.932 bits per heavy atom. The Morgan fingerprint density at radius 3 is 2.18 bits per heavy atom. The second-order valence-corrected chi connectivity index (χ2v) is 12.2. The van der Waals surface area contributed by atoms with Gasteiger partial charge in [0, 0.05) is 48.2 Å². The number of carboxylic acid groups (broad SMARTS) is 1. The molecule has 44 heavy (non-hydrogen) atoms. The third kappa shape index (κ3) is 7.85. The van der Waals surface area contributed by atoms with Crippen LogP contribution in [0.4, 0.5) is 5.69 Å². The number of carboxylic acids is 1. The number of carbonyl (C=O) groups excluding carboxylic acids is 1. The smallest absolute Gasteiger partial charge is 0.303 e. The van der Waals surface area contributed by atoms with Gasteiger partial charge in [-0.2, -0.15) is 0 Å². The minimum absolute atomic E-state index is 0.0103. The van der Waals surface area contributed by atoms with Crippen LogP contribution in [-0.2, 0) is 31.3 Å². The number of hydrogen-bond acceptors (Lipinski definition) is 7. The number of aliphatic carboxylic acids is 1. The molecular formula is C34H39ClN2O7. The molecule has 2 heterocycles. The molecule has 0 aliphatic carbocycles. The molecule has 234 valence electrons. The van der Waals surface area contributed by atoms with Gasteiger partial charge >= 0.3 is 5.97 Å². The average molecular weight is 623 g/mol. The maximum Gasteiger partial charge on any atom is 0.303 e. The molecule has 5 rings (SSSR count). The van der Waals surface area contributed by atoms with Crippen molar-refractivity contribution in [2.45, 2.75) is 63.3 Å². The third-order valence-corrected chi connectivity index (χ3v) is 8.91. The van der Waals surface area contributed by atoms with E-state index in [1.54, 1.807) is 12.1 Å². The fourth-order valence-corrected chi connectivity index (χ4v) is 6.03. The number of amides is 1. The Hall–Kier alpha value is -3.31. The number of nitrogens with zero attached hydrogens (tertiary/aromatic N) is 1. The minimum Gasteiger partial charge on any atom is -0.481 e. The van der Waals surface area contributed by atoms with Crippen LogP contribution in [-0.4, -0.2) is 57.8 Å². The Bertz CT molecular complexity index is 1410. The standard InChI is InChI=1S/C34H39ClN2O7/c1-22-29(20-37-18-16-34(42,17-19-37)26-8-10-27(35)11-9-26)43-33(44-32(22)24-4-2-23(21-38)3-5-24)25-6-12-28(13-7-25)36-30(39)14-15-31(40)41/h2-13,22,29,32-33,38,42H,14-21H2,1H3,(H,36,39)(H,40,41). The van der Waals surface area contributed by atoms with Gasteiger partial charge in [0.15, 0.2) is 6.29 Å². The lowest BCUT2D eigenvalue weighted by Gasteiger charge is -2.45. The van der Waals surface area contributed by atoms with Gasteiger partial charge < -0.3 is 35.0 Å². The summed E-state index contributed by atoms with van der Waals surface area (Å²) in [6.07, 6.45) is -0.235. The van der Waals surface area contributed by atoms with Crippen LogP contribution in [0, 0.1) is 5.92 Å². The highest BCUT2D eigenvalue weighted by Gasteiger charge is 2.41. The van der Waals surface area contributed by atoms with E-state index in [2.05, 4.69) is 17.1 Å². The van der Waals surface area contributed by atoms with Crippen molar-refractivity contribution >= 4 is 29.2 Å². The molecule has 4 unspecified atom stereocenters. The number of anilines is 1. The number of benzene rings is 3. The zero-order chi connectivity index (χ0) is 31.3. The number of halogens is 1. The molecular weight excluding hydrogens is 584 g/mol. The van der Waals surface area contributed by atoms with E-state index in [1.807, 2.05) is 60.7 Å². The van der Waals surface area contributed by atoms with E-state index in [-0.39, 0.29) is 43.5 Å². The van der Waals surface area contributed by atoms with E-state index >= 15 is 0 Å². The molecule has 2 aliphatic rings. The summed E-state index contributed by atoms with van der Waals surface area (Å²) < 4.78 is 13.1. The number of piperidine rings is 1. The van der Waals surface area contributed by atoms with Gasteiger partial charge in [-0.3, -0.25) is 9.59 Å². The molecule has 4 N–H and O–H groups in total. The fourth-order valence-electron chi connectivity index (χ4n) is 5.90. The lowest BCUT2D eigenvalue weighted by atomic mass is 9.84. The van der Waals surface area contributed by atoms with Crippen molar-refractivity contribution in [3.05, 3.63) is 100 Å². The van der Waals surface area contributed by atoms with Crippen molar-refractivity contribution in [2.75, 3.05) is 25.0 Å². The summed E-state index contributed by atoms with van der Waals surface area (Å²) in [7, 11) is 0. The molecule has 3 aromatic rings. The first-order chi connectivity index (χ1) is 21.1. The largest absolute Gasteiger partial charge is 0.481 e. The predicted octanol–water partition coefficient (Wildman–Crippen LogP) is 5.41. The maximum absolute atomic E-state index is 12.1. The van der Waals surface area contributed by atoms with Crippen LogP contribution in [0.5, 0.6) is 0 Å². The van der Waals surface area contributed by atoms with Gasteiger partial charge in [-0.25, -0.2) is 0 Å². The predicted molar refractivity (Wildman–Crippen MR) is 166 cm³/mol. The number of rotatable bonds is 10. The molecule has 0 spiro atoms. The number of carbonyl (C=O) groups is 2. The number of aliphatic hydroxyl groups excluding tert-OH is 1. The van der Waals surface area contributed by atoms with Gasteiger partial charge in [0.2, 0.25) is 5.91 Å². The number of ether oxygens (including phenoxy) is 2. The lowest BCUT2D eigenvalue weighted by Crippen LogP contribution is -2.49. The van der Waals surface area contributed by atoms with Crippen LogP contribution in [0.2, 0.25) is 5.02 Å². The topological polar surface area (TPSA) is 129 Å². The van der Waals surface area contributed by atoms with Gasteiger partial charge in [0.1, 0.15) is 0 Å². The highest BCUT2D eigenvalue weighted by Crippen LogP contribution is 2.42. The van der Waals surface area contributed by atoms with Gasteiger partial charge in [0.25, 0.3) is 0 Å². The Kier molecular flexibility index (Phi) is 10.4. The van der Waals surface area contributed by atoms with Crippen molar-refractivity contribution in [3.63, 3.8) is 0 Å². The summed E-state index contributed by atoms with van der Waals surface area (Å²) in [4.78, 5) is 25.2. The SMILES string of the molecule is CC1C(CN2CCC(O)(c3ccc(Cl)cc3)CC2)OC(c2ccc(NC(=O)CCC(=O)O)cc2)OC1c1ccc(CO)cc1. The lowest BCUT2D eigenvalue weighted by molar-refractivity contribution is -0.277. The fraction of sp³-hybridized carbons (Fsp3) is 0.412. The maximum atomic E-state index is 12.1. The Balaban J connectivity index is 1.30. The van der Waals surface area contributed by atoms with Crippen molar-refractivity contribution < 1.29 is 34.4 Å². The summed E-state index contributed by atoms with van der Waals surface area (Å²) in [5.41, 5.74) is 3.15. The van der Waals surface area contributed by atoms with Gasteiger partial charge in [-0.15, -0.1) is 0 Å². The molecule has 0 radical (unpaired) electrons. The zero-order valence-electron chi connectivity index (χ0n) is 24.7. The minimum atomic E-state index is -1.02. The highest BCUT2D eigenvalue weighted by atomic mass is 35.5. The Labute approximate surface area is 262 Å². The van der Waals surface area contributed by atoms with Crippen LogP contribution in [0.15, 0.2) is 72.8 Å². The van der Waals surface area contributed by atoms with Crippen molar-refractivity contribution in [2.24, 2.45) is 5.92 Å². The first-order valence-electron chi connectivity index (χ1n) is 15.0. The molecule has 1 amide bonds. The van der Waals surface area contributed by atoms with E-state index in [1.165, 1.54) is 0 Å². The van der Waals surface area contributed by atoms with Crippen molar-refractivity contribution in [1.82, 2.24) is 4.90 Å². The molecule has 2 saturated heterocycles. The Morgan fingerprint density at radius 2 is 1.57 bits per heavy atom. The van der Waals surface area contributed by atoms with Crippen LogP contribution < -0.4 is 5.32 Å². The number of aliphatic hydroxyl groups is 2. The molecule has 9 nitrogen and oxygen atoms in total. The molecule has 2 fully saturated rings. The quantitative estimate of drug-likeness (QED) is 0.236. The molecule has 10 heteroatoms. The van der Waals surface area contributed by atoms with E-state index < -0.39 is 17.9 Å². The van der Waals surface area contributed by atoms with Gasteiger partial charge in [0.05, 0.1) is 30.8 Å². The highest BCUT2D eigenvalue weighted by molar-refractivity contribution is 6.30. The van der Waals surface area contributed by atoms with Crippen LogP contribution in [0.25, 0.3) is 0 Å². The summed E-state index contributed by atoms with van der Waals surface area (Å²) >= 11 is 6.06. The van der Waals surface area contributed by atoms with E-state index in [9.17, 15) is 19.8 Å². The molecule has 4 atom stereocenters. The molecule has 0 aromatic heterocycles. The van der Waals surface area contributed by atoms with E-state index in [0.717, 1.165) is 22.3 Å². The third-order valence-electron chi connectivity index (χ3n) is 8.66. The van der Waals surface area contributed by atoms with Gasteiger partial charge in [-0.05, 0) is 53.8 Å². The van der Waals surface area contributed by atoms with Crippen molar-refractivity contribution in [1.29, 1.82) is 0 Å². The average Bonchev–Trinajstić information content (AvgIpc) is 3.03. The number of nitrogens with one attached hydrogen (secondary N) is 1. The zero-order valence-corrected chi connectivity index (χ0v) is 25.5. The molecule has 3 aromatic carbocycles. The van der Waals surface area contributed by atoms with Gasteiger partial charge in [-0.1, -0.05) is 67.1 Å². The summed E-state index contributed by atoms with van der Waals surface area (Å²) in [6, 6.07) is 22.3. The first kappa shape index (κ1) is 32.1. The van der Waals surface area contributed by atoms with Crippen LogP contribution in [0.1, 0.15) is 67.3 Å². The first-order valence-corrected chi connectivity index (χ1v) is 15.3. The number of hydrogen-bond donors (Lipinski definition) is 4. The second kappa shape index (κ2) is 14.2. The molecule has 0 bridgehead atoms. The molecule has 2 aliphatic heterocycles. The van der Waals surface area contributed by atoms with E-state index in [0.29, 0.717) is 43.2 Å². The monoisotopic (exact) mass is 622 g/mol.